The molecule has 1 N–H and O–H groups in total. The molecule has 0 radical (unpaired) electrons. The molecule has 2 heterocycles. The monoisotopic (exact) mass is 155 g/mol. The Morgan fingerprint density at radius 2 is 2.55 bits per heavy atom. The fourth-order valence-electron chi connectivity index (χ4n) is 1.14. The molecule has 0 bridgehead atoms. The van der Waals surface area contributed by atoms with E-state index in [1.165, 1.54) is 0 Å². The maximum atomic E-state index is 10.8. The highest BCUT2D eigenvalue weighted by Gasteiger charge is 2.46. The van der Waals surface area contributed by atoms with Crippen LogP contribution in [0.3, 0.4) is 0 Å². The summed E-state index contributed by atoms with van der Waals surface area (Å²) in [5.41, 5.74) is -0.0637. The minimum absolute atomic E-state index is 0.0637. The van der Waals surface area contributed by atoms with Gasteiger partial charge >= 0.3 is 5.97 Å². The van der Waals surface area contributed by atoms with Crippen LogP contribution >= 0.6 is 0 Å². The number of rotatable bonds is 1. The van der Waals surface area contributed by atoms with E-state index < -0.39 is 5.97 Å². The van der Waals surface area contributed by atoms with Crippen LogP contribution in [0, 0.1) is 0 Å². The maximum Gasteiger partial charge on any atom is 0.355 e. The van der Waals surface area contributed by atoms with Crippen molar-refractivity contribution >= 4 is 11.9 Å². The van der Waals surface area contributed by atoms with Crippen molar-refractivity contribution in [3.05, 3.63) is 12.0 Å². The molecule has 58 valence electrons. The maximum absolute atomic E-state index is 10.8. The predicted octanol–water partition coefficient (Wildman–Crippen LogP) is -0.499. The molecule has 2 aliphatic rings. The molecule has 2 rings (SSSR count). The minimum atomic E-state index is -1.12. The van der Waals surface area contributed by atoms with Crippen molar-refractivity contribution < 1.29 is 19.4 Å². The quantitative estimate of drug-likeness (QED) is 0.518. The molecule has 1 unspecified atom stereocenters. The average molecular weight is 155 g/mol. The predicted molar refractivity (Wildman–Crippen MR) is 32.1 cm³/mol. The van der Waals surface area contributed by atoms with Crippen LogP contribution < -0.4 is 0 Å². The van der Waals surface area contributed by atoms with Gasteiger partial charge in [-0.05, 0) is 0 Å². The first-order chi connectivity index (χ1) is 5.20. The van der Waals surface area contributed by atoms with Crippen LogP contribution in [0.2, 0.25) is 0 Å². The number of β-lactam (4-membered cyclic amide) rings is 1. The fraction of sp³-hybridized carbons (Fsp3) is 0.333. The normalized spacial score (nSPS) is 26.9. The largest absolute Gasteiger partial charge is 0.476 e. The second-order valence-corrected chi connectivity index (χ2v) is 2.37. The van der Waals surface area contributed by atoms with Gasteiger partial charge in [-0.3, -0.25) is 9.69 Å². The molecular formula is C6H5NO4. The summed E-state index contributed by atoms with van der Waals surface area (Å²) in [4.78, 5) is 22.3. The molecular weight excluding hydrogens is 150 g/mol. The topological polar surface area (TPSA) is 66.8 Å². The number of aliphatic carboxylic acids is 1. The third-order valence-corrected chi connectivity index (χ3v) is 1.72. The highest BCUT2D eigenvalue weighted by molar-refractivity contribution is 5.96. The van der Waals surface area contributed by atoms with E-state index in [0.29, 0.717) is 0 Å². The van der Waals surface area contributed by atoms with E-state index >= 15 is 0 Å². The molecule has 1 atom stereocenters. The van der Waals surface area contributed by atoms with Crippen LogP contribution in [0.15, 0.2) is 12.0 Å². The smallest absolute Gasteiger partial charge is 0.355 e. The zero-order valence-corrected chi connectivity index (χ0v) is 5.48. The summed E-state index contributed by atoms with van der Waals surface area (Å²) in [6.45, 7) is 0. The lowest BCUT2D eigenvalue weighted by Gasteiger charge is -2.32. The molecule has 5 nitrogen and oxygen atoms in total. The van der Waals surface area contributed by atoms with Gasteiger partial charge in [0.25, 0.3) is 0 Å². The molecule has 1 saturated heterocycles. The first-order valence-corrected chi connectivity index (χ1v) is 3.11. The van der Waals surface area contributed by atoms with Crippen LogP contribution in [-0.4, -0.2) is 28.1 Å². The van der Waals surface area contributed by atoms with Gasteiger partial charge in [0.1, 0.15) is 6.26 Å². The third-order valence-electron chi connectivity index (χ3n) is 1.72. The van der Waals surface area contributed by atoms with Crippen molar-refractivity contribution in [2.45, 2.75) is 12.6 Å². The van der Waals surface area contributed by atoms with E-state index in [0.717, 1.165) is 11.2 Å². The van der Waals surface area contributed by atoms with Gasteiger partial charge in [0, 0.05) is 0 Å². The Bertz CT molecular complexity index is 270. The van der Waals surface area contributed by atoms with Crippen molar-refractivity contribution in [3.8, 4) is 0 Å². The number of hydrogen-bond acceptors (Lipinski definition) is 3. The summed E-state index contributed by atoms with van der Waals surface area (Å²) in [5.74, 6) is -1.32. The van der Waals surface area contributed by atoms with Gasteiger partial charge in [-0.15, -0.1) is 0 Å². The number of carboxylic acid groups (broad SMARTS) is 1. The Morgan fingerprint density at radius 1 is 1.82 bits per heavy atom. The number of ether oxygens (including phenoxy) is 1. The Kier molecular flexibility index (Phi) is 0.986. The summed E-state index contributed by atoms with van der Waals surface area (Å²) in [6.07, 6.45) is 1.04. The second kappa shape index (κ2) is 1.75. The summed E-state index contributed by atoms with van der Waals surface area (Å²) < 4.78 is 4.86. The number of carbonyl (C=O) groups is 2. The molecule has 0 aliphatic carbocycles. The van der Waals surface area contributed by atoms with Gasteiger partial charge in [-0.25, -0.2) is 4.79 Å². The highest BCUT2D eigenvalue weighted by Crippen LogP contribution is 2.31. The van der Waals surface area contributed by atoms with Crippen molar-refractivity contribution in [3.63, 3.8) is 0 Å². The van der Waals surface area contributed by atoms with E-state index in [4.69, 9.17) is 9.84 Å². The van der Waals surface area contributed by atoms with Gasteiger partial charge in [0.15, 0.2) is 11.9 Å². The van der Waals surface area contributed by atoms with Crippen molar-refractivity contribution in [2.24, 2.45) is 0 Å². The second-order valence-electron chi connectivity index (χ2n) is 2.37. The zero-order chi connectivity index (χ0) is 8.01. The molecule has 11 heavy (non-hydrogen) atoms. The number of hydrogen-bond donors (Lipinski definition) is 1. The molecule has 2 aliphatic heterocycles. The standard InChI is InChI=1S/C6H5NO4/c8-4-1-5-7(4)3(2-11-5)6(9)10/h2,5H,1H2,(H,9,10). The Labute approximate surface area is 61.9 Å². The first kappa shape index (κ1) is 6.21. The summed E-state index contributed by atoms with van der Waals surface area (Å²) in [5, 5.41) is 8.51. The molecule has 1 fully saturated rings. The Hall–Kier alpha value is -1.52. The molecule has 0 aromatic carbocycles. The lowest BCUT2D eigenvalue weighted by molar-refractivity contribution is -0.157. The van der Waals surface area contributed by atoms with E-state index in [1.807, 2.05) is 0 Å². The number of carboxylic acids is 1. The van der Waals surface area contributed by atoms with Crippen molar-refractivity contribution in [2.75, 3.05) is 0 Å². The highest BCUT2D eigenvalue weighted by atomic mass is 16.5. The fourth-order valence-corrected chi connectivity index (χ4v) is 1.14. The Balaban J connectivity index is 2.24. The van der Waals surface area contributed by atoms with Crippen LogP contribution in [0.5, 0.6) is 0 Å². The molecule has 0 aromatic heterocycles. The number of carbonyl (C=O) groups excluding carboxylic acids is 1. The van der Waals surface area contributed by atoms with Crippen LogP contribution in [0.1, 0.15) is 6.42 Å². The van der Waals surface area contributed by atoms with Crippen molar-refractivity contribution in [1.29, 1.82) is 0 Å². The van der Waals surface area contributed by atoms with E-state index in [1.54, 1.807) is 0 Å². The number of fused-ring (bicyclic) bond motifs is 1. The molecule has 1 amide bonds. The van der Waals surface area contributed by atoms with Gasteiger partial charge in [-0.1, -0.05) is 0 Å². The summed E-state index contributed by atoms with van der Waals surface area (Å²) in [7, 11) is 0. The summed E-state index contributed by atoms with van der Waals surface area (Å²) in [6, 6.07) is 0. The molecule has 5 heteroatoms. The molecule has 0 spiro atoms. The van der Waals surface area contributed by atoms with Gasteiger partial charge in [-0.2, -0.15) is 0 Å². The van der Waals surface area contributed by atoms with E-state index in [9.17, 15) is 9.59 Å². The number of nitrogens with zero attached hydrogens (tertiary/aromatic N) is 1. The third kappa shape index (κ3) is 0.646. The van der Waals surface area contributed by atoms with Crippen LogP contribution in [-0.2, 0) is 14.3 Å². The SMILES string of the molecule is O=C(O)C1=COC2CC(=O)N12. The van der Waals surface area contributed by atoms with Gasteiger partial charge in [0.2, 0.25) is 5.91 Å². The molecule has 0 saturated carbocycles. The van der Waals surface area contributed by atoms with Crippen LogP contribution in [0.25, 0.3) is 0 Å². The lowest BCUT2D eigenvalue weighted by Crippen LogP contribution is -2.50. The number of amides is 1. The minimum Gasteiger partial charge on any atom is -0.476 e. The van der Waals surface area contributed by atoms with Gasteiger partial charge in [0.05, 0.1) is 6.42 Å². The first-order valence-electron chi connectivity index (χ1n) is 3.11. The molecule has 0 aromatic rings. The zero-order valence-electron chi connectivity index (χ0n) is 5.48. The Morgan fingerprint density at radius 3 is 3.00 bits per heavy atom. The summed E-state index contributed by atoms with van der Waals surface area (Å²) >= 11 is 0. The van der Waals surface area contributed by atoms with E-state index in [-0.39, 0.29) is 24.3 Å². The lowest BCUT2D eigenvalue weighted by atomic mass is 10.1. The van der Waals surface area contributed by atoms with E-state index in [2.05, 4.69) is 0 Å². The average Bonchev–Trinajstić information content (AvgIpc) is 2.25. The van der Waals surface area contributed by atoms with Crippen molar-refractivity contribution in [1.82, 2.24) is 4.90 Å². The van der Waals surface area contributed by atoms with Crippen LogP contribution in [0.4, 0.5) is 0 Å². The van der Waals surface area contributed by atoms with Gasteiger partial charge < -0.3 is 9.84 Å².